The van der Waals surface area contributed by atoms with Gasteiger partial charge in [-0.1, -0.05) is 72.8 Å². The molecule has 4 fully saturated rings. The second-order valence-corrected chi connectivity index (χ2v) is 23.3. The Morgan fingerprint density at radius 2 is 0.880 bits per heavy atom. The standard InChI is InChI=1S/C63H80N12O8/c1-38(64-3)56(76)70-52-36-72(33-31-46-27-29-54(74(46)60(52)80)58(78)68-50-17-9-13-42-11-5-7-15-48(42)50)62(82)66-44-23-19-40(20-24-44)35-41-21-25-45(26-22-41)67-63(83)73-34-32-47-28-30-55(75(47)61(81)53(37-73)71-57(77)39(2)65-4)59(79)69-51-18-10-14-43-12-6-8-16-49(43)51/h5-8,11-12,15-16,19-26,38-39,46-47,50-55,64-65H,9-10,13-14,17-18,27-37H2,1-4H3,(H,66,82)(H,67,83)(H,68,78)(H,69,79)(H,70,76)(H,71,77)/t38-,39-,46+,47+,50+,51+,52-,53-,54-,55?/m0/s1. The molecule has 0 spiro atoms. The minimum atomic E-state index is -1.08. The van der Waals surface area contributed by atoms with E-state index in [1.807, 2.05) is 72.8 Å². The van der Waals surface area contributed by atoms with E-state index in [0.717, 1.165) is 60.8 Å². The molecule has 4 saturated heterocycles. The Morgan fingerprint density at radius 3 is 1.28 bits per heavy atom. The number of nitrogens with zero attached hydrogens (tertiary/aromatic N) is 4. The SMILES string of the molecule is CN[C@@H](C)C(=O)N[C@H]1CN(C(=O)Nc2ccc(Cc3ccc(NC(=O)N4CC[C@H]5CC[C@@H](C(=O)N[C@@H]6CCCc7ccccc76)N5C(=O)[C@@H](NC(=O)[C@H](C)NC)C4)cc3)cc2)CC[C@H]2CCC(C(=O)N[C@@H]3CCCc4ccccc43)N2C1=O. The molecule has 1 unspecified atom stereocenters. The summed E-state index contributed by atoms with van der Waals surface area (Å²) < 4.78 is 0. The minimum Gasteiger partial charge on any atom is -0.347 e. The topological polar surface area (TPSA) is 246 Å². The highest BCUT2D eigenvalue weighted by Crippen LogP contribution is 2.35. The fraction of sp³-hybridized carbons (Fsp3) is 0.492. The van der Waals surface area contributed by atoms with Crippen molar-refractivity contribution in [1.29, 1.82) is 0 Å². The van der Waals surface area contributed by atoms with Crippen molar-refractivity contribution in [3.05, 3.63) is 130 Å². The highest BCUT2D eigenvalue weighted by atomic mass is 16.2. The van der Waals surface area contributed by atoms with Crippen LogP contribution in [0.15, 0.2) is 97.1 Å². The third kappa shape index (κ3) is 13.3. The normalized spacial score (nSPS) is 24.9. The molecule has 83 heavy (non-hydrogen) atoms. The van der Waals surface area contributed by atoms with Gasteiger partial charge in [0.2, 0.25) is 35.4 Å². The van der Waals surface area contributed by atoms with Gasteiger partial charge in [-0.25, -0.2) is 9.59 Å². The summed E-state index contributed by atoms with van der Waals surface area (Å²) in [5.41, 5.74) is 7.71. The quantitative estimate of drug-likeness (QED) is 0.0836. The summed E-state index contributed by atoms with van der Waals surface area (Å²) in [4.78, 5) is 119. The van der Waals surface area contributed by atoms with E-state index < -0.39 is 60.1 Å². The fourth-order valence-corrected chi connectivity index (χ4v) is 13.1. The maximum Gasteiger partial charge on any atom is 0.321 e. The molecule has 10 amide bonds. The van der Waals surface area contributed by atoms with Gasteiger partial charge < -0.3 is 62.1 Å². The molecular formula is C63H80N12O8. The van der Waals surface area contributed by atoms with Crippen LogP contribution in [0.3, 0.4) is 0 Å². The van der Waals surface area contributed by atoms with Crippen LogP contribution in [0.1, 0.15) is 124 Å². The van der Waals surface area contributed by atoms with Crippen molar-refractivity contribution in [2.75, 3.05) is 50.9 Å². The zero-order valence-electron chi connectivity index (χ0n) is 48.1. The summed E-state index contributed by atoms with van der Waals surface area (Å²) in [5.74, 6) is -1.95. The summed E-state index contributed by atoms with van der Waals surface area (Å²) in [7, 11) is 3.31. The average Bonchev–Trinajstić information content (AvgIpc) is 4.34. The summed E-state index contributed by atoms with van der Waals surface area (Å²) in [6.45, 7) is 3.82. The van der Waals surface area contributed by atoms with Crippen molar-refractivity contribution in [3.63, 3.8) is 0 Å². The number of hydrogen-bond donors (Lipinski definition) is 8. The number of nitrogens with one attached hydrogen (secondary N) is 8. The van der Waals surface area contributed by atoms with Gasteiger partial charge in [0.05, 0.1) is 37.3 Å². The van der Waals surface area contributed by atoms with Crippen LogP contribution in [0.4, 0.5) is 21.0 Å². The highest BCUT2D eigenvalue weighted by Gasteiger charge is 2.48. The molecule has 6 aliphatic rings. The summed E-state index contributed by atoms with van der Waals surface area (Å²) >= 11 is 0. The van der Waals surface area contributed by atoms with Crippen molar-refractivity contribution in [1.82, 2.24) is 51.5 Å². The minimum absolute atomic E-state index is 0.0838. The summed E-state index contributed by atoms with van der Waals surface area (Å²) in [5, 5.41) is 24.2. The van der Waals surface area contributed by atoms with Crippen molar-refractivity contribution in [3.8, 4) is 0 Å². The Bertz CT molecular complexity index is 2850. The smallest absolute Gasteiger partial charge is 0.321 e. The van der Waals surface area contributed by atoms with E-state index >= 15 is 0 Å². The third-order valence-electron chi connectivity index (χ3n) is 18.0. The lowest BCUT2D eigenvalue weighted by Crippen LogP contribution is -2.62. The molecule has 0 bridgehead atoms. The van der Waals surface area contributed by atoms with Gasteiger partial charge in [0.15, 0.2) is 0 Å². The molecule has 0 saturated carbocycles. The Kier molecular flexibility index (Phi) is 18.4. The van der Waals surface area contributed by atoms with Crippen LogP contribution >= 0.6 is 0 Å². The van der Waals surface area contributed by atoms with Gasteiger partial charge >= 0.3 is 12.1 Å². The average molecular weight is 1130 g/mol. The summed E-state index contributed by atoms with van der Waals surface area (Å²) in [6.07, 6.45) is 9.11. The van der Waals surface area contributed by atoms with E-state index in [1.54, 1.807) is 47.5 Å². The number of fused-ring (bicyclic) bond motifs is 4. The Labute approximate surface area is 486 Å². The molecule has 440 valence electrons. The van der Waals surface area contributed by atoms with E-state index in [0.29, 0.717) is 69.4 Å². The number of rotatable bonds is 14. The van der Waals surface area contributed by atoms with E-state index in [4.69, 9.17) is 0 Å². The predicted molar refractivity (Wildman–Crippen MR) is 315 cm³/mol. The molecule has 4 aromatic rings. The Hall–Kier alpha value is -7.84. The van der Waals surface area contributed by atoms with E-state index in [-0.39, 0.29) is 60.9 Å². The summed E-state index contributed by atoms with van der Waals surface area (Å²) in [6, 6.07) is 24.8. The number of hydrogen-bond acceptors (Lipinski definition) is 10. The van der Waals surface area contributed by atoms with Gasteiger partial charge in [-0.15, -0.1) is 0 Å². The number of carbonyl (C=O) groups is 8. The molecule has 4 aromatic carbocycles. The lowest BCUT2D eigenvalue weighted by atomic mass is 9.87. The molecule has 4 heterocycles. The van der Waals surface area contributed by atoms with Crippen LogP contribution < -0.4 is 42.5 Å². The second kappa shape index (κ2) is 26.2. The molecule has 0 radical (unpaired) electrons. The van der Waals surface area contributed by atoms with Crippen molar-refractivity contribution >= 4 is 58.9 Å². The van der Waals surface area contributed by atoms with Crippen molar-refractivity contribution in [2.45, 2.75) is 158 Å². The monoisotopic (exact) mass is 1130 g/mol. The van der Waals surface area contributed by atoms with E-state index in [1.165, 1.54) is 11.1 Å². The lowest BCUT2D eigenvalue weighted by Gasteiger charge is -2.39. The molecule has 4 aliphatic heterocycles. The number of likely N-dealkylation sites (N-methyl/N-ethyl adjacent to an activating group) is 2. The van der Waals surface area contributed by atoms with Crippen LogP contribution in [0.2, 0.25) is 0 Å². The molecule has 2 aliphatic carbocycles. The van der Waals surface area contributed by atoms with Crippen LogP contribution in [0.25, 0.3) is 0 Å². The molecule has 8 N–H and O–H groups in total. The van der Waals surface area contributed by atoms with Crippen LogP contribution in [0.5, 0.6) is 0 Å². The molecule has 0 aromatic heterocycles. The van der Waals surface area contributed by atoms with E-state index in [9.17, 15) is 38.4 Å². The Morgan fingerprint density at radius 1 is 0.482 bits per heavy atom. The molecular weight excluding hydrogens is 1050 g/mol. The Balaban J connectivity index is 0.743. The number of benzene rings is 4. The van der Waals surface area contributed by atoms with Crippen LogP contribution in [-0.4, -0.2) is 156 Å². The largest absolute Gasteiger partial charge is 0.347 e. The lowest BCUT2D eigenvalue weighted by molar-refractivity contribution is -0.145. The van der Waals surface area contributed by atoms with Gasteiger partial charge in [0.1, 0.15) is 24.2 Å². The first-order valence-electron chi connectivity index (χ1n) is 29.8. The van der Waals surface area contributed by atoms with Gasteiger partial charge in [0.25, 0.3) is 0 Å². The third-order valence-corrected chi connectivity index (χ3v) is 18.0. The first-order chi connectivity index (χ1) is 40.2. The predicted octanol–water partition coefficient (Wildman–Crippen LogP) is 5.04. The number of aryl methyl sites for hydroxylation is 2. The fourth-order valence-electron chi connectivity index (χ4n) is 13.1. The van der Waals surface area contributed by atoms with Gasteiger partial charge in [-0.2, -0.15) is 0 Å². The van der Waals surface area contributed by atoms with Gasteiger partial charge in [0, 0.05) is 36.5 Å². The number of carbonyl (C=O) groups excluding carboxylic acids is 8. The van der Waals surface area contributed by atoms with Gasteiger partial charge in [-0.3, -0.25) is 28.8 Å². The number of amides is 10. The molecule has 20 nitrogen and oxygen atoms in total. The maximum absolute atomic E-state index is 14.6. The van der Waals surface area contributed by atoms with Gasteiger partial charge in [-0.05, 0) is 169 Å². The zero-order valence-corrected chi connectivity index (χ0v) is 48.1. The molecule has 10 atom stereocenters. The highest BCUT2D eigenvalue weighted by molar-refractivity contribution is 5.97. The molecule has 10 rings (SSSR count). The van der Waals surface area contributed by atoms with Crippen molar-refractivity contribution < 1.29 is 38.4 Å². The number of anilines is 2. The van der Waals surface area contributed by atoms with Crippen LogP contribution in [0, 0.1) is 0 Å². The molecule has 20 heteroatoms. The van der Waals surface area contributed by atoms with Crippen LogP contribution in [-0.2, 0) is 48.0 Å². The first-order valence-corrected chi connectivity index (χ1v) is 29.8. The number of urea groups is 2. The van der Waals surface area contributed by atoms with E-state index in [2.05, 4.69) is 66.8 Å². The first kappa shape index (κ1) is 58.4. The zero-order chi connectivity index (χ0) is 58.3. The maximum atomic E-state index is 14.6. The van der Waals surface area contributed by atoms with Crippen molar-refractivity contribution in [2.24, 2.45) is 0 Å². The second-order valence-electron chi connectivity index (χ2n) is 23.3.